The minimum absolute atomic E-state index is 0.0741. The van der Waals surface area contributed by atoms with Crippen molar-refractivity contribution in [2.75, 3.05) is 12.0 Å². The van der Waals surface area contributed by atoms with Gasteiger partial charge in [-0.25, -0.2) is 0 Å². The number of ether oxygens (including phenoxy) is 1. The number of methoxy groups -OCH3 is 1. The Labute approximate surface area is 181 Å². The fourth-order valence-electron chi connectivity index (χ4n) is 3.90. The average molecular weight is 413 g/mol. The highest BCUT2D eigenvalue weighted by Crippen LogP contribution is 2.43. The second kappa shape index (κ2) is 8.11. The van der Waals surface area contributed by atoms with Gasteiger partial charge in [-0.15, -0.1) is 0 Å². The van der Waals surface area contributed by atoms with Crippen LogP contribution in [0.3, 0.4) is 0 Å². The molecule has 1 N–H and O–H groups in total. The van der Waals surface area contributed by atoms with Crippen molar-refractivity contribution in [2.24, 2.45) is 0 Å². The van der Waals surface area contributed by atoms with Crippen LogP contribution in [0.1, 0.15) is 28.3 Å². The van der Waals surface area contributed by atoms with Crippen LogP contribution in [0.25, 0.3) is 5.76 Å². The van der Waals surface area contributed by atoms with Crippen LogP contribution in [0.2, 0.25) is 0 Å². The van der Waals surface area contributed by atoms with E-state index in [2.05, 4.69) is 0 Å². The van der Waals surface area contributed by atoms with Crippen molar-refractivity contribution in [3.63, 3.8) is 0 Å². The van der Waals surface area contributed by atoms with E-state index in [0.29, 0.717) is 17.0 Å². The van der Waals surface area contributed by atoms with Crippen molar-refractivity contribution < 1.29 is 19.4 Å². The summed E-state index contributed by atoms with van der Waals surface area (Å²) < 4.78 is 5.18. The fraction of sp³-hybridized carbons (Fsp3) is 0.154. The first-order valence-corrected chi connectivity index (χ1v) is 10.00. The summed E-state index contributed by atoms with van der Waals surface area (Å²) in [7, 11) is 1.56. The zero-order valence-electron chi connectivity index (χ0n) is 17.6. The molecule has 1 heterocycles. The number of aliphatic hydroxyl groups excluding tert-OH is 1. The van der Waals surface area contributed by atoms with Gasteiger partial charge in [0.15, 0.2) is 0 Å². The summed E-state index contributed by atoms with van der Waals surface area (Å²) >= 11 is 0. The number of amides is 1. The Balaban J connectivity index is 1.94. The number of aryl methyl sites for hydroxylation is 2. The van der Waals surface area contributed by atoms with E-state index >= 15 is 0 Å². The molecule has 5 heteroatoms. The van der Waals surface area contributed by atoms with Crippen LogP contribution >= 0.6 is 0 Å². The number of Topliss-reactive ketones (excluding diaryl/α,β-unsaturated/α-hetero) is 1. The Morgan fingerprint density at radius 1 is 0.903 bits per heavy atom. The van der Waals surface area contributed by atoms with Crippen LogP contribution in [0.5, 0.6) is 5.75 Å². The number of aliphatic hydroxyl groups is 1. The summed E-state index contributed by atoms with van der Waals surface area (Å²) in [5.41, 5.74) is 3.89. The molecule has 1 fully saturated rings. The van der Waals surface area contributed by atoms with Crippen molar-refractivity contribution in [1.29, 1.82) is 0 Å². The molecule has 1 unspecified atom stereocenters. The van der Waals surface area contributed by atoms with Crippen LogP contribution in [-0.2, 0) is 9.59 Å². The maximum atomic E-state index is 13.2. The van der Waals surface area contributed by atoms with Crippen molar-refractivity contribution in [2.45, 2.75) is 19.9 Å². The highest BCUT2D eigenvalue weighted by Gasteiger charge is 2.47. The van der Waals surface area contributed by atoms with E-state index < -0.39 is 17.7 Å². The molecule has 4 rings (SSSR count). The monoisotopic (exact) mass is 413 g/mol. The summed E-state index contributed by atoms with van der Waals surface area (Å²) in [5, 5.41) is 11.1. The third kappa shape index (κ3) is 3.59. The van der Waals surface area contributed by atoms with Crippen molar-refractivity contribution >= 4 is 23.1 Å². The van der Waals surface area contributed by atoms with E-state index in [1.807, 2.05) is 62.4 Å². The summed E-state index contributed by atoms with van der Waals surface area (Å²) in [4.78, 5) is 27.8. The normalized spacial score (nSPS) is 17.8. The minimum atomic E-state index is -0.731. The Kier molecular flexibility index (Phi) is 5.34. The molecule has 0 saturated carbocycles. The molecule has 0 bridgehead atoms. The van der Waals surface area contributed by atoms with Gasteiger partial charge in [0.05, 0.1) is 18.7 Å². The lowest BCUT2D eigenvalue weighted by molar-refractivity contribution is -0.132. The molecule has 31 heavy (non-hydrogen) atoms. The molecule has 3 aromatic rings. The lowest BCUT2D eigenvalue weighted by atomic mass is 9.92. The summed E-state index contributed by atoms with van der Waals surface area (Å²) in [6, 6.07) is 21.0. The zero-order chi connectivity index (χ0) is 22.1. The first-order valence-electron chi connectivity index (χ1n) is 10.00. The summed E-state index contributed by atoms with van der Waals surface area (Å²) in [6.07, 6.45) is 0. The number of hydrogen-bond acceptors (Lipinski definition) is 4. The van der Waals surface area contributed by atoms with Crippen molar-refractivity contribution in [3.05, 3.63) is 101 Å². The molecule has 1 atom stereocenters. The maximum absolute atomic E-state index is 13.2. The maximum Gasteiger partial charge on any atom is 0.300 e. The molecule has 1 amide bonds. The molecule has 5 nitrogen and oxygen atoms in total. The van der Waals surface area contributed by atoms with Gasteiger partial charge in [-0.05, 0) is 61.4 Å². The number of rotatable bonds is 4. The first kappa shape index (κ1) is 20.4. The van der Waals surface area contributed by atoms with E-state index in [9.17, 15) is 14.7 Å². The molecule has 3 aromatic carbocycles. The summed E-state index contributed by atoms with van der Waals surface area (Å²) in [5.74, 6) is -0.940. The Bertz CT molecular complexity index is 1180. The van der Waals surface area contributed by atoms with E-state index in [1.54, 1.807) is 31.4 Å². The van der Waals surface area contributed by atoms with E-state index in [-0.39, 0.29) is 11.3 Å². The minimum Gasteiger partial charge on any atom is -0.507 e. The van der Waals surface area contributed by atoms with Gasteiger partial charge in [-0.3, -0.25) is 14.5 Å². The molecule has 0 aromatic heterocycles. The molecule has 0 spiro atoms. The van der Waals surface area contributed by atoms with Gasteiger partial charge in [-0.2, -0.15) is 0 Å². The zero-order valence-corrected chi connectivity index (χ0v) is 17.6. The van der Waals surface area contributed by atoms with Gasteiger partial charge in [-0.1, -0.05) is 42.0 Å². The standard InChI is InChI=1S/C26H23NO4/c1-16-8-12-19(13-9-16)27-23(21-7-5-4-6-17(21)2)22(25(29)26(27)30)24(28)18-10-14-20(31-3)15-11-18/h4-15,23,28H,1-3H3/b24-22-. The molecule has 156 valence electrons. The number of anilines is 1. The van der Waals surface area contributed by atoms with Crippen molar-refractivity contribution in [1.82, 2.24) is 0 Å². The number of benzene rings is 3. The number of carbonyl (C=O) groups is 2. The molecule has 1 saturated heterocycles. The van der Waals surface area contributed by atoms with Crippen LogP contribution < -0.4 is 9.64 Å². The van der Waals surface area contributed by atoms with Gasteiger partial charge < -0.3 is 9.84 Å². The van der Waals surface area contributed by atoms with E-state index in [4.69, 9.17) is 4.74 Å². The van der Waals surface area contributed by atoms with E-state index in [0.717, 1.165) is 16.7 Å². The van der Waals surface area contributed by atoms with Crippen LogP contribution in [-0.4, -0.2) is 23.9 Å². The van der Waals surface area contributed by atoms with Crippen LogP contribution in [0, 0.1) is 13.8 Å². The Morgan fingerprint density at radius 2 is 1.55 bits per heavy atom. The SMILES string of the molecule is COc1ccc(/C(O)=C2/C(=O)C(=O)N(c3ccc(C)cc3)C2c2ccccc2C)cc1. The number of hydrogen-bond donors (Lipinski definition) is 1. The second-order valence-corrected chi connectivity index (χ2v) is 7.59. The lowest BCUT2D eigenvalue weighted by Gasteiger charge is -2.26. The molecule has 0 aliphatic carbocycles. The smallest absolute Gasteiger partial charge is 0.300 e. The van der Waals surface area contributed by atoms with Crippen LogP contribution in [0.15, 0.2) is 78.4 Å². The predicted octanol–water partition coefficient (Wildman–Crippen LogP) is 4.94. The van der Waals surface area contributed by atoms with Gasteiger partial charge in [0, 0.05) is 11.3 Å². The van der Waals surface area contributed by atoms with E-state index in [1.165, 1.54) is 4.90 Å². The largest absolute Gasteiger partial charge is 0.507 e. The topological polar surface area (TPSA) is 66.8 Å². The fourth-order valence-corrected chi connectivity index (χ4v) is 3.90. The van der Waals surface area contributed by atoms with Gasteiger partial charge >= 0.3 is 0 Å². The lowest BCUT2D eigenvalue weighted by Crippen LogP contribution is -2.29. The Hall–Kier alpha value is -3.86. The predicted molar refractivity (Wildman–Crippen MR) is 120 cm³/mol. The molecular weight excluding hydrogens is 390 g/mol. The first-order chi connectivity index (χ1) is 14.9. The number of nitrogens with zero attached hydrogens (tertiary/aromatic N) is 1. The van der Waals surface area contributed by atoms with Crippen LogP contribution in [0.4, 0.5) is 5.69 Å². The molecule has 1 aliphatic heterocycles. The van der Waals surface area contributed by atoms with Gasteiger partial charge in [0.25, 0.3) is 11.7 Å². The molecular formula is C26H23NO4. The highest BCUT2D eigenvalue weighted by molar-refractivity contribution is 6.51. The van der Waals surface area contributed by atoms with Gasteiger partial charge in [0.1, 0.15) is 11.5 Å². The van der Waals surface area contributed by atoms with Crippen molar-refractivity contribution in [3.8, 4) is 5.75 Å². The number of carbonyl (C=O) groups excluding carboxylic acids is 2. The highest BCUT2D eigenvalue weighted by atomic mass is 16.5. The molecule has 1 aliphatic rings. The summed E-state index contributed by atoms with van der Waals surface area (Å²) in [6.45, 7) is 3.89. The van der Waals surface area contributed by atoms with Gasteiger partial charge in [0.2, 0.25) is 0 Å². The average Bonchev–Trinajstić information content (AvgIpc) is 3.05. The number of ketones is 1. The Morgan fingerprint density at radius 3 is 2.16 bits per heavy atom. The third-order valence-electron chi connectivity index (χ3n) is 5.60. The second-order valence-electron chi connectivity index (χ2n) is 7.59. The quantitative estimate of drug-likeness (QED) is 0.374. The molecule has 0 radical (unpaired) electrons. The third-order valence-corrected chi connectivity index (χ3v) is 5.60.